The van der Waals surface area contributed by atoms with Crippen molar-refractivity contribution in [3.05, 3.63) is 52.8 Å². The molecule has 0 saturated heterocycles. The maximum absolute atomic E-state index is 12.2. The van der Waals surface area contributed by atoms with Crippen LogP contribution in [0.25, 0.3) is 0 Å². The molecule has 0 aliphatic carbocycles. The van der Waals surface area contributed by atoms with Gasteiger partial charge in [0.05, 0.1) is 11.3 Å². The zero-order chi connectivity index (χ0) is 15.5. The Bertz CT molecular complexity index is 633. The Labute approximate surface area is 133 Å². The first-order valence-electron chi connectivity index (χ1n) is 6.64. The molecular weight excluding hydrogens is 330 g/mol. The van der Waals surface area contributed by atoms with E-state index in [2.05, 4.69) is 52.3 Å². The number of amides is 1. The van der Waals surface area contributed by atoms with Crippen LogP contribution in [0.15, 0.2) is 47.2 Å². The molecule has 0 saturated carbocycles. The summed E-state index contributed by atoms with van der Waals surface area (Å²) in [6, 6.07) is 9.24. The normalized spacial score (nSPS) is 11.0. The fourth-order valence-electron chi connectivity index (χ4n) is 1.80. The van der Waals surface area contributed by atoms with Crippen molar-refractivity contribution in [3.63, 3.8) is 0 Å². The number of carbonyl (C=O) groups excluding carboxylic acids is 1. The summed E-state index contributed by atoms with van der Waals surface area (Å²) < 4.78 is 0.971. The number of pyridine rings is 1. The summed E-state index contributed by atoms with van der Waals surface area (Å²) in [5, 5.41) is 6.15. The zero-order valence-corrected chi connectivity index (χ0v) is 13.9. The average Bonchev–Trinajstić information content (AvgIpc) is 2.40. The van der Waals surface area contributed by atoms with Gasteiger partial charge in [0, 0.05) is 28.1 Å². The van der Waals surface area contributed by atoms with Crippen LogP contribution in [0.3, 0.4) is 0 Å². The van der Waals surface area contributed by atoms with Crippen molar-refractivity contribution < 1.29 is 4.79 Å². The van der Waals surface area contributed by atoms with E-state index in [1.807, 2.05) is 24.3 Å². The molecular formula is C16H18BrN3O. The molecule has 1 aromatic heterocycles. The molecule has 5 heteroatoms. The second-order valence-electron chi connectivity index (χ2n) is 5.80. The Morgan fingerprint density at radius 2 is 1.76 bits per heavy atom. The van der Waals surface area contributed by atoms with Crippen LogP contribution in [0.5, 0.6) is 0 Å². The number of hydrogen-bond acceptors (Lipinski definition) is 3. The van der Waals surface area contributed by atoms with Crippen molar-refractivity contribution in [1.82, 2.24) is 4.98 Å². The molecule has 0 unspecified atom stereocenters. The lowest BCUT2D eigenvalue weighted by atomic mass is 10.1. The average molecular weight is 348 g/mol. The third-order valence-corrected chi connectivity index (χ3v) is 3.15. The predicted octanol–water partition coefficient (Wildman–Crippen LogP) is 4.31. The van der Waals surface area contributed by atoms with Gasteiger partial charge in [0.1, 0.15) is 0 Å². The van der Waals surface area contributed by atoms with Crippen molar-refractivity contribution in [1.29, 1.82) is 0 Å². The van der Waals surface area contributed by atoms with Gasteiger partial charge in [-0.3, -0.25) is 9.78 Å². The van der Waals surface area contributed by atoms with Gasteiger partial charge >= 0.3 is 0 Å². The lowest BCUT2D eigenvalue weighted by Gasteiger charge is -2.22. The molecule has 4 nitrogen and oxygen atoms in total. The van der Waals surface area contributed by atoms with Crippen molar-refractivity contribution >= 4 is 33.2 Å². The standard InChI is InChI=1S/C16H18BrN3O/c1-16(2,3)20-14-8-11(9-18-10-14)15(21)19-13-6-4-12(17)5-7-13/h4-10,20H,1-3H3,(H,19,21). The number of nitrogens with one attached hydrogen (secondary N) is 2. The van der Waals surface area contributed by atoms with Gasteiger partial charge in [-0.1, -0.05) is 15.9 Å². The smallest absolute Gasteiger partial charge is 0.257 e. The van der Waals surface area contributed by atoms with E-state index in [4.69, 9.17) is 0 Å². The van der Waals surface area contributed by atoms with E-state index in [0.717, 1.165) is 15.8 Å². The summed E-state index contributed by atoms with van der Waals surface area (Å²) in [5.41, 5.74) is 2.01. The highest BCUT2D eigenvalue weighted by atomic mass is 79.9. The van der Waals surface area contributed by atoms with Gasteiger partial charge < -0.3 is 10.6 Å². The zero-order valence-electron chi connectivity index (χ0n) is 12.3. The molecule has 0 aliphatic heterocycles. The fourth-order valence-corrected chi connectivity index (χ4v) is 2.07. The van der Waals surface area contributed by atoms with Gasteiger partial charge in [-0.2, -0.15) is 0 Å². The Morgan fingerprint density at radius 3 is 2.38 bits per heavy atom. The summed E-state index contributed by atoms with van der Waals surface area (Å²) >= 11 is 3.36. The van der Waals surface area contributed by atoms with Crippen LogP contribution >= 0.6 is 15.9 Å². The molecule has 1 amide bonds. The second kappa shape index (κ2) is 6.26. The Balaban J connectivity index is 2.12. The van der Waals surface area contributed by atoms with E-state index < -0.39 is 0 Å². The number of aromatic nitrogens is 1. The molecule has 1 heterocycles. The van der Waals surface area contributed by atoms with Crippen molar-refractivity contribution in [3.8, 4) is 0 Å². The maximum atomic E-state index is 12.2. The van der Waals surface area contributed by atoms with E-state index in [0.29, 0.717) is 5.56 Å². The third-order valence-electron chi connectivity index (χ3n) is 2.62. The van der Waals surface area contributed by atoms with Gasteiger partial charge in [-0.05, 0) is 51.1 Å². The van der Waals surface area contributed by atoms with Gasteiger partial charge in [0.25, 0.3) is 5.91 Å². The summed E-state index contributed by atoms with van der Waals surface area (Å²) in [6.45, 7) is 6.17. The highest BCUT2D eigenvalue weighted by Crippen LogP contribution is 2.17. The lowest BCUT2D eigenvalue weighted by molar-refractivity contribution is 0.102. The van der Waals surface area contributed by atoms with Crippen LogP contribution in [-0.4, -0.2) is 16.4 Å². The molecule has 0 fully saturated rings. The van der Waals surface area contributed by atoms with Crippen molar-refractivity contribution in [2.75, 3.05) is 10.6 Å². The molecule has 1 aromatic carbocycles. The number of halogens is 1. The van der Waals surface area contributed by atoms with Crippen LogP contribution in [0.2, 0.25) is 0 Å². The van der Waals surface area contributed by atoms with Crippen LogP contribution < -0.4 is 10.6 Å². The third kappa shape index (κ3) is 4.86. The van der Waals surface area contributed by atoms with Gasteiger partial charge in [0.2, 0.25) is 0 Å². The van der Waals surface area contributed by atoms with Gasteiger partial charge in [-0.15, -0.1) is 0 Å². The minimum atomic E-state index is -0.178. The molecule has 0 bridgehead atoms. The van der Waals surface area contributed by atoms with Crippen molar-refractivity contribution in [2.45, 2.75) is 26.3 Å². The SMILES string of the molecule is CC(C)(C)Nc1cncc(C(=O)Nc2ccc(Br)cc2)c1. The fraction of sp³-hybridized carbons (Fsp3) is 0.250. The van der Waals surface area contributed by atoms with Gasteiger partial charge in [0.15, 0.2) is 0 Å². The highest BCUT2D eigenvalue weighted by molar-refractivity contribution is 9.10. The maximum Gasteiger partial charge on any atom is 0.257 e. The predicted molar refractivity (Wildman–Crippen MR) is 89.7 cm³/mol. The Hall–Kier alpha value is -1.88. The monoisotopic (exact) mass is 347 g/mol. The van der Waals surface area contributed by atoms with E-state index in [1.165, 1.54) is 0 Å². The van der Waals surface area contributed by atoms with E-state index in [9.17, 15) is 4.79 Å². The molecule has 2 rings (SSSR count). The molecule has 0 aliphatic rings. The quantitative estimate of drug-likeness (QED) is 0.869. The van der Waals surface area contributed by atoms with Gasteiger partial charge in [-0.25, -0.2) is 0 Å². The lowest BCUT2D eigenvalue weighted by Crippen LogP contribution is -2.26. The first-order valence-corrected chi connectivity index (χ1v) is 7.43. The number of rotatable bonds is 3. The molecule has 21 heavy (non-hydrogen) atoms. The molecule has 0 spiro atoms. The van der Waals surface area contributed by atoms with Crippen LogP contribution in [0.1, 0.15) is 31.1 Å². The minimum Gasteiger partial charge on any atom is -0.379 e. The van der Waals surface area contributed by atoms with E-state index in [1.54, 1.807) is 18.5 Å². The first-order chi connectivity index (χ1) is 9.83. The van der Waals surface area contributed by atoms with E-state index >= 15 is 0 Å². The first kappa shape index (κ1) is 15.5. The Kier molecular flexibility index (Phi) is 4.63. The van der Waals surface area contributed by atoms with Crippen LogP contribution in [0.4, 0.5) is 11.4 Å². The van der Waals surface area contributed by atoms with Crippen LogP contribution in [-0.2, 0) is 0 Å². The largest absolute Gasteiger partial charge is 0.379 e. The topological polar surface area (TPSA) is 54.0 Å². The summed E-state index contributed by atoms with van der Waals surface area (Å²) in [6.07, 6.45) is 3.27. The van der Waals surface area contributed by atoms with Crippen LogP contribution in [0, 0.1) is 0 Å². The molecule has 110 valence electrons. The molecule has 0 atom stereocenters. The highest BCUT2D eigenvalue weighted by Gasteiger charge is 2.12. The molecule has 0 radical (unpaired) electrons. The number of hydrogen-bond donors (Lipinski definition) is 2. The number of anilines is 2. The molecule has 2 N–H and O–H groups in total. The molecule has 2 aromatic rings. The summed E-state index contributed by atoms with van der Waals surface area (Å²) in [7, 11) is 0. The number of nitrogens with zero attached hydrogens (tertiary/aromatic N) is 1. The Morgan fingerprint density at radius 1 is 1.10 bits per heavy atom. The summed E-state index contributed by atoms with van der Waals surface area (Å²) in [5.74, 6) is -0.178. The van der Waals surface area contributed by atoms with E-state index in [-0.39, 0.29) is 11.4 Å². The minimum absolute atomic E-state index is 0.0809. The number of benzene rings is 1. The number of carbonyl (C=O) groups is 1. The summed E-state index contributed by atoms with van der Waals surface area (Å²) in [4.78, 5) is 16.3. The second-order valence-corrected chi connectivity index (χ2v) is 6.71. The van der Waals surface area contributed by atoms with Crippen molar-refractivity contribution in [2.24, 2.45) is 0 Å².